The van der Waals surface area contributed by atoms with Crippen LogP contribution in [-0.4, -0.2) is 29.1 Å². The molecular weight excluding hydrogens is 314 g/mol. The molecule has 0 radical (unpaired) electrons. The Bertz CT molecular complexity index is 906. The average molecular weight is 325 g/mol. The molecule has 0 aromatic heterocycles. The Labute approximate surface area is 135 Å². The van der Waals surface area contributed by atoms with Crippen LogP contribution in [0.15, 0.2) is 42.5 Å². The van der Waals surface area contributed by atoms with Crippen LogP contribution in [0.4, 0.5) is 11.4 Å². The maximum absolute atomic E-state index is 12.6. The van der Waals surface area contributed by atoms with Gasteiger partial charge in [-0.2, -0.15) is 0 Å². The lowest BCUT2D eigenvalue weighted by Crippen LogP contribution is -2.29. The van der Waals surface area contributed by atoms with Crippen LogP contribution >= 0.6 is 0 Å². The van der Waals surface area contributed by atoms with Crippen molar-refractivity contribution >= 4 is 29.0 Å². The van der Waals surface area contributed by atoms with Gasteiger partial charge in [-0.3, -0.25) is 24.5 Å². The van der Waals surface area contributed by atoms with Crippen LogP contribution in [0.1, 0.15) is 31.1 Å². The third kappa shape index (κ3) is 2.25. The van der Waals surface area contributed by atoms with Gasteiger partial charge in [0.2, 0.25) is 0 Å². The number of carbonyl (C=O) groups is 3. The van der Waals surface area contributed by atoms with Crippen LogP contribution in [0.5, 0.6) is 0 Å². The number of hydrogen-bond acceptors (Lipinski definition) is 6. The quantitative estimate of drug-likeness (QED) is 0.393. The van der Waals surface area contributed by atoms with Gasteiger partial charge in [-0.1, -0.05) is 18.2 Å². The van der Waals surface area contributed by atoms with Gasteiger partial charge in [-0.05, 0) is 18.2 Å². The van der Waals surface area contributed by atoms with Crippen molar-refractivity contribution < 1.29 is 19.3 Å². The Balaban J connectivity index is 2.11. The number of carbonyl (C=O) groups excluding carboxylic acids is 3. The van der Waals surface area contributed by atoms with Crippen molar-refractivity contribution in [1.82, 2.24) is 0 Å². The minimum atomic E-state index is -0.792. The van der Waals surface area contributed by atoms with Crippen molar-refractivity contribution in [3.8, 4) is 0 Å². The SMILES string of the molecule is NCC(=O)c1cccc(N2C(=O)c3cccc([N+](=O)[O-])c3C2=O)c1. The van der Waals surface area contributed by atoms with Crippen LogP contribution in [0, 0.1) is 10.1 Å². The van der Waals surface area contributed by atoms with E-state index in [4.69, 9.17) is 5.73 Å². The van der Waals surface area contributed by atoms with Gasteiger partial charge in [-0.15, -0.1) is 0 Å². The molecule has 2 N–H and O–H groups in total. The summed E-state index contributed by atoms with van der Waals surface area (Å²) in [5.74, 6) is -1.81. The van der Waals surface area contributed by atoms with Crippen molar-refractivity contribution in [2.75, 3.05) is 11.4 Å². The highest BCUT2D eigenvalue weighted by atomic mass is 16.6. The van der Waals surface area contributed by atoms with Gasteiger partial charge in [0.15, 0.2) is 5.78 Å². The molecule has 3 rings (SSSR count). The fourth-order valence-corrected chi connectivity index (χ4v) is 2.59. The van der Waals surface area contributed by atoms with Gasteiger partial charge >= 0.3 is 0 Å². The molecule has 0 saturated heterocycles. The van der Waals surface area contributed by atoms with Gasteiger partial charge in [0, 0.05) is 11.6 Å². The van der Waals surface area contributed by atoms with E-state index in [0.29, 0.717) is 0 Å². The summed E-state index contributed by atoms with van der Waals surface area (Å²) < 4.78 is 0. The molecule has 1 aliphatic heterocycles. The van der Waals surface area contributed by atoms with E-state index >= 15 is 0 Å². The lowest BCUT2D eigenvalue weighted by molar-refractivity contribution is -0.385. The Hall–Kier alpha value is -3.39. The molecule has 120 valence electrons. The zero-order valence-electron chi connectivity index (χ0n) is 12.3. The molecule has 0 unspecified atom stereocenters. The number of hydrogen-bond donors (Lipinski definition) is 1. The molecule has 0 atom stereocenters. The predicted molar refractivity (Wildman–Crippen MR) is 84.1 cm³/mol. The highest BCUT2D eigenvalue weighted by molar-refractivity contribution is 6.35. The molecule has 0 fully saturated rings. The van der Waals surface area contributed by atoms with E-state index in [-0.39, 0.29) is 34.7 Å². The van der Waals surface area contributed by atoms with Crippen molar-refractivity contribution in [3.05, 3.63) is 69.3 Å². The molecule has 8 nitrogen and oxygen atoms in total. The summed E-state index contributed by atoms with van der Waals surface area (Å²) in [4.78, 5) is 48.0. The first kappa shape index (κ1) is 15.5. The number of ketones is 1. The highest BCUT2D eigenvalue weighted by Gasteiger charge is 2.41. The maximum Gasteiger partial charge on any atom is 0.283 e. The van der Waals surface area contributed by atoms with Gasteiger partial charge in [-0.25, -0.2) is 4.90 Å². The highest BCUT2D eigenvalue weighted by Crippen LogP contribution is 2.34. The van der Waals surface area contributed by atoms with Gasteiger partial charge < -0.3 is 5.73 Å². The lowest BCUT2D eigenvalue weighted by atomic mass is 10.1. The summed E-state index contributed by atoms with van der Waals surface area (Å²) >= 11 is 0. The fourth-order valence-electron chi connectivity index (χ4n) is 2.59. The van der Waals surface area contributed by atoms with Crippen LogP contribution in [0.2, 0.25) is 0 Å². The molecule has 8 heteroatoms. The molecule has 2 amide bonds. The molecule has 0 bridgehead atoms. The van der Waals surface area contributed by atoms with Gasteiger partial charge in [0.25, 0.3) is 17.5 Å². The Morgan fingerprint density at radius 1 is 1.12 bits per heavy atom. The zero-order valence-corrected chi connectivity index (χ0v) is 12.3. The second-order valence-corrected chi connectivity index (χ2v) is 5.08. The van der Waals surface area contributed by atoms with Crippen molar-refractivity contribution in [2.24, 2.45) is 5.73 Å². The van der Waals surface area contributed by atoms with E-state index in [2.05, 4.69) is 0 Å². The Kier molecular flexibility index (Phi) is 3.66. The van der Waals surface area contributed by atoms with E-state index in [9.17, 15) is 24.5 Å². The second-order valence-electron chi connectivity index (χ2n) is 5.08. The summed E-state index contributed by atoms with van der Waals surface area (Å²) in [6.45, 7) is -0.211. The lowest BCUT2D eigenvalue weighted by Gasteiger charge is -2.14. The van der Waals surface area contributed by atoms with Crippen molar-refractivity contribution in [2.45, 2.75) is 0 Å². The first-order chi connectivity index (χ1) is 11.5. The van der Waals surface area contributed by atoms with E-state index in [1.165, 1.54) is 42.5 Å². The third-order valence-corrected chi connectivity index (χ3v) is 3.70. The van der Waals surface area contributed by atoms with Crippen molar-refractivity contribution in [3.63, 3.8) is 0 Å². The number of Topliss-reactive ketones (excluding diaryl/α,β-unsaturated/α-hetero) is 1. The fraction of sp³-hybridized carbons (Fsp3) is 0.0625. The number of amides is 2. The first-order valence-electron chi connectivity index (χ1n) is 6.95. The number of rotatable bonds is 4. The van der Waals surface area contributed by atoms with Gasteiger partial charge in [0.1, 0.15) is 5.56 Å². The topological polar surface area (TPSA) is 124 Å². The number of imide groups is 1. The number of benzene rings is 2. The minimum Gasteiger partial charge on any atom is -0.324 e. The first-order valence-corrected chi connectivity index (χ1v) is 6.95. The molecule has 2 aromatic carbocycles. The van der Waals surface area contributed by atoms with Crippen LogP contribution < -0.4 is 10.6 Å². The third-order valence-electron chi connectivity index (χ3n) is 3.70. The second kappa shape index (κ2) is 5.67. The molecule has 0 saturated carbocycles. The molecular formula is C16H11N3O5. The predicted octanol–water partition coefficient (Wildman–Crippen LogP) is 1.54. The van der Waals surface area contributed by atoms with Crippen LogP contribution in [-0.2, 0) is 0 Å². The Morgan fingerprint density at radius 2 is 1.83 bits per heavy atom. The zero-order chi connectivity index (χ0) is 17.4. The Morgan fingerprint density at radius 3 is 2.50 bits per heavy atom. The van der Waals surface area contributed by atoms with Crippen LogP contribution in [0.3, 0.4) is 0 Å². The maximum atomic E-state index is 12.6. The largest absolute Gasteiger partial charge is 0.324 e. The van der Waals surface area contributed by atoms with Crippen molar-refractivity contribution in [1.29, 1.82) is 0 Å². The standard InChI is InChI=1S/C16H11N3O5/c17-8-13(20)9-3-1-4-10(7-9)18-15(21)11-5-2-6-12(19(23)24)14(11)16(18)22/h1-7H,8,17H2. The molecule has 24 heavy (non-hydrogen) atoms. The molecule has 1 aliphatic rings. The summed E-state index contributed by atoms with van der Waals surface area (Å²) in [7, 11) is 0. The van der Waals surface area contributed by atoms with E-state index in [0.717, 1.165) is 4.90 Å². The normalized spacial score (nSPS) is 13.1. The minimum absolute atomic E-state index is 0.0373. The number of anilines is 1. The van der Waals surface area contributed by atoms with E-state index in [1.807, 2.05) is 0 Å². The monoisotopic (exact) mass is 325 g/mol. The summed E-state index contributed by atoms with van der Waals surface area (Å²) in [5.41, 5.74) is 5.01. The smallest absolute Gasteiger partial charge is 0.283 e. The number of nitrogens with two attached hydrogens (primary N) is 1. The number of nitro benzene ring substituents is 1. The average Bonchev–Trinajstić information content (AvgIpc) is 2.85. The van der Waals surface area contributed by atoms with Gasteiger partial charge in [0.05, 0.1) is 22.7 Å². The molecule has 0 spiro atoms. The summed E-state index contributed by atoms with van der Waals surface area (Å²) in [6.07, 6.45) is 0. The summed E-state index contributed by atoms with van der Waals surface area (Å²) in [6, 6.07) is 9.73. The van der Waals surface area contributed by atoms with Crippen LogP contribution in [0.25, 0.3) is 0 Å². The van der Waals surface area contributed by atoms with E-state index in [1.54, 1.807) is 0 Å². The number of nitrogens with zero attached hydrogens (tertiary/aromatic N) is 2. The molecule has 2 aromatic rings. The summed E-state index contributed by atoms with van der Waals surface area (Å²) in [5, 5.41) is 11.1. The number of fused-ring (bicyclic) bond motifs is 1. The molecule has 0 aliphatic carbocycles. The molecule has 1 heterocycles. The van der Waals surface area contributed by atoms with E-state index < -0.39 is 22.4 Å². The number of nitro groups is 1.